The van der Waals surface area contributed by atoms with Gasteiger partial charge in [0.05, 0.1) is 13.6 Å². The molecule has 0 aromatic heterocycles. The lowest BCUT2D eigenvalue weighted by atomic mass is 9.87. The minimum Gasteiger partial charge on any atom is -0.356 e. The molecule has 0 unspecified atom stereocenters. The molecule has 1 aromatic carbocycles. The first-order chi connectivity index (χ1) is 17.7. The first-order valence-corrected chi connectivity index (χ1v) is 18.2. The summed E-state index contributed by atoms with van der Waals surface area (Å²) in [6.45, 7) is 18.6. The van der Waals surface area contributed by atoms with Crippen LogP contribution in [0.1, 0.15) is 77.1 Å². The molecule has 0 spiro atoms. The van der Waals surface area contributed by atoms with E-state index >= 15 is 0 Å². The molecule has 2 N–H and O–H groups in total. The molecule has 1 saturated heterocycles. The molecule has 0 bridgehead atoms. The van der Waals surface area contributed by atoms with Crippen LogP contribution < -0.4 is 10.6 Å². The Bertz CT molecular complexity index is 939. The van der Waals surface area contributed by atoms with E-state index in [1.165, 1.54) is 37.6 Å². The topological polar surface area (TPSA) is 78.5 Å². The van der Waals surface area contributed by atoms with E-state index in [-0.39, 0.29) is 22.7 Å². The molecule has 1 heterocycles. The van der Waals surface area contributed by atoms with Crippen LogP contribution in [0.4, 0.5) is 0 Å². The van der Waals surface area contributed by atoms with Crippen molar-refractivity contribution in [2.24, 2.45) is 5.92 Å². The van der Waals surface area contributed by atoms with Gasteiger partial charge in [-0.05, 0) is 89.8 Å². The molecule has 1 amide bonds. The normalized spacial score (nSPS) is 15.9. The number of benzene rings is 1. The van der Waals surface area contributed by atoms with E-state index in [1.807, 2.05) is 45.2 Å². The van der Waals surface area contributed by atoms with Gasteiger partial charge in [-0.3, -0.25) is 19.3 Å². The molecular weight excluding hydrogens is 511 g/mol. The zero-order valence-corrected chi connectivity index (χ0v) is 26.9. The van der Waals surface area contributed by atoms with Gasteiger partial charge in [-0.25, -0.2) is 0 Å². The summed E-state index contributed by atoms with van der Waals surface area (Å²) in [5.74, 6) is 0.254. The summed E-state index contributed by atoms with van der Waals surface area (Å²) >= 11 is 1.17. The van der Waals surface area contributed by atoms with Crippen LogP contribution in [0, 0.1) is 5.92 Å². The minimum absolute atomic E-state index is 0.0169. The fourth-order valence-corrected chi connectivity index (χ4v) is 8.50. The van der Waals surface area contributed by atoms with Crippen LogP contribution >= 0.6 is 11.8 Å². The number of hydrogen-bond acceptors (Lipinski definition) is 6. The molecule has 0 aliphatic carbocycles. The summed E-state index contributed by atoms with van der Waals surface area (Å²) in [4.78, 5) is 40.6. The Morgan fingerprint density at radius 2 is 1.61 bits per heavy atom. The van der Waals surface area contributed by atoms with Crippen LogP contribution in [0.25, 0.3) is 0 Å². The van der Waals surface area contributed by atoms with Gasteiger partial charge in [0.2, 0.25) is 5.91 Å². The van der Waals surface area contributed by atoms with Gasteiger partial charge in [-0.2, -0.15) is 0 Å². The number of hydrogen-bond donors (Lipinski definition) is 2. The fourth-order valence-electron chi connectivity index (χ4n) is 5.31. The molecule has 38 heavy (non-hydrogen) atoms. The highest BCUT2D eigenvalue weighted by Gasteiger charge is 2.39. The third kappa shape index (κ3) is 9.03. The average Bonchev–Trinajstić information content (AvgIpc) is 2.86. The van der Waals surface area contributed by atoms with Gasteiger partial charge in [-0.1, -0.05) is 56.9 Å². The summed E-state index contributed by atoms with van der Waals surface area (Å²) in [7, 11) is 0.609. The summed E-state index contributed by atoms with van der Waals surface area (Å²) in [5, 5.41) is 6.89. The molecule has 214 valence electrons. The van der Waals surface area contributed by atoms with E-state index < -0.39 is 13.6 Å². The summed E-state index contributed by atoms with van der Waals surface area (Å²) in [5.41, 5.74) is 0.00632. The first kappa shape index (κ1) is 32.7. The maximum absolute atomic E-state index is 13.3. The van der Waals surface area contributed by atoms with Gasteiger partial charge < -0.3 is 10.6 Å². The third-order valence-electron chi connectivity index (χ3n) is 8.93. The minimum atomic E-state index is -1.41. The van der Waals surface area contributed by atoms with Crippen molar-refractivity contribution >= 4 is 36.6 Å². The molecule has 8 heteroatoms. The standard InChI is InChI=1S/C30H51N3O3SSi/c1-23(34)37-26-13-11-24(12-14-26)27(35)30(4,5)33-20-15-25(16-21-33)28(36)32-19-10-22-38(7,8)29(2,3)17-9-18-31-6/h11-14,25,31H,9-10,15-22H2,1-8H3,(H,32,36). The van der Waals surface area contributed by atoms with E-state index in [0.29, 0.717) is 10.6 Å². The Morgan fingerprint density at radius 3 is 2.16 bits per heavy atom. The predicted octanol–water partition coefficient (Wildman–Crippen LogP) is 5.99. The second-order valence-corrected chi connectivity index (χ2v) is 19.5. The number of nitrogens with one attached hydrogen (secondary N) is 2. The number of carbonyl (C=O) groups excluding carboxylic acids is 3. The molecule has 0 saturated carbocycles. The monoisotopic (exact) mass is 561 g/mol. The van der Waals surface area contributed by atoms with Crippen LogP contribution in [-0.4, -0.2) is 68.5 Å². The van der Waals surface area contributed by atoms with Crippen LogP contribution in [-0.2, 0) is 9.59 Å². The molecule has 0 atom stereocenters. The molecule has 1 fully saturated rings. The molecule has 2 rings (SSSR count). The summed E-state index contributed by atoms with van der Waals surface area (Å²) in [6.07, 6.45) is 5.06. The van der Waals surface area contributed by atoms with Crippen molar-refractivity contribution in [3.63, 3.8) is 0 Å². The zero-order valence-electron chi connectivity index (χ0n) is 25.0. The average molecular weight is 562 g/mol. The van der Waals surface area contributed by atoms with Crippen molar-refractivity contribution in [2.45, 2.75) is 101 Å². The fraction of sp³-hybridized carbons (Fsp3) is 0.700. The number of rotatable bonds is 14. The van der Waals surface area contributed by atoms with E-state index in [9.17, 15) is 14.4 Å². The Hall–Kier alpha value is -1.48. The lowest BCUT2D eigenvalue weighted by Crippen LogP contribution is -2.54. The van der Waals surface area contributed by atoms with Crippen molar-refractivity contribution in [1.82, 2.24) is 15.5 Å². The van der Waals surface area contributed by atoms with Crippen LogP contribution in [0.3, 0.4) is 0 Å². The number of carbonyl (C=O) groups is 3. The van der Waals surface area contributed by atoms with E-state index in [2.05, 4.69) is 42.5 Å². The SMILES string of the molecule is CNCCCC(C)(C)[Si](C)(C)CCCNC(=O)C1CCN(C(C)(C)C(=O)c2ccc(SC(C)=O)cc2)CC1. The lowest BCUT2D eigenvalue weighted by molar-refractivity contribution is -0.126. The molecular formula is C30H51N3O3SSi. The smallest absolute Gasteiger partial charge is 0.223 e. The highest BCUT2D eigenvalue weighted by atomic mass is 32.2. The van der Waals surface area contributed by atoms with Gasteiger partial charge in [-0.15, -0.1) is 0 Å². The number of piperidine rings is 1. The van der Waals surface area contributed by atoms with E-state index in [0.717, 1.165) is 50.3 Å². The second-order valence-electron chi connectivity index (χ2n) is 12.6. The van der Waals surface area contributed by atoms with Gasteiger partial charge >= 0.3 is 0 Å². The molecule has 0 radical (unpaired) electrons. The molecule has 6 nitrogen and oxygen atoms in total. The lowest BCUT2D eigenvalue weighted by Gasteiger charge is -2.41. The molecule has 1 aliphatic heterocycles. The van der Waals surface area contributed by atoms with E-state index in [1.54, 1.807) is 0 Å². The maximum Gasteiger partial charge on any atom is 0.223 e. The number of ketones is 1. The first-order valence-electron chi connectivity index (χ1n) is 14.2. The Balaban J connectivity index is 1.80. The number of nitrogens with zero attached hydrogens (tertiary/aromatic N) is 1. The summed E-state index contributed by atoms with van der Waals surface area (Å²) in [6, 6.07) is 8.51. The molecule has 1 aromatic rings. The van der Waals surface area contributed by atoms with Crippen LogP contribution in [0.5, 0.6) is 0 Å². The van der Waals surface area contributed by atoms with Gasteiger partial charge in [0.1, 0.15) is 0 Å². The number of thioether (sulfide) groups is 1. The van der Waals surface area contributed by atoms with Crippen LogP contribution in [0.15, 0.2) is 29.2 Å². The van der Waals surface area contributed by atoms with Gasteiger partial charge in [0, 0.05) is 29.8 Å². The highest BCUT2D eigenvalue weighted by Crippen LogP contribution is 2.44. The van der Waals surface area contributed by atoms with Gasteiger partial charge in [0.25, 0.3) is 0 Å². The number of likely N-dealkylation sites (tertiary alicyclic amines) is 1. The largest absolute Gasteiger partial charge is 0.356 e. The Kier molecular flexibility index (Phi) is 12.3. The quantitative estimate of drug-likeness (QED) is 0.126. The van der Waals surface area contributed by atoms with Crippen molar-refractivity contribution in [2.75, 3.05) is 33.2 Å². The highest BCUT2D eigenvalue weighted by molar-refractivity contribution is 8.13. The van der Waals surface area contributed by atoms with Crippen molar-refractivity contribution in [3.8, 4) is 0 Å². The number of amides is 1. The second kappa shape index (κ2) is 14.2. The Morgan fingerprint density at radius 1 is 1.00 bits per heavy atom. The van der Waals surface area contributed by atoms with Crippen molar-refractivity contribution < 1.29 is 14.4 Å². The zero-order chi connectivity index (χ0) is 28.6. The summed E-state index contributed by atoms with van der Waals surface area (Å²) < 4.78 is 0. The maximum atomic E-state index is 13.3. The van der Waals surface area contributed by atoms with E-state index in [4.69, 9.17) is 0 Å². The van der Waals surface area contributed by atoms with Gasteiger partial charge in [0.15, 0.2) is 10.9 Å². The van der Waals surface area contributed by atoms with Crippen LogP contribution in [0.2, 0.25) is 24.2 Å². The number of Topliss-reactive ketones (excluding diaryl/α,β-unsaturated/α-hetero) is 1. The Labute approximate surface area is 236 Å². The molecule has 1 aliphatic rings. The third-order valence-corrected chi connectivity index (χ3v) is 15.2. The van der Waals surface area contributed by atoms with Crippen molar-refractivity contribution in [1.29, 1.82) is 0 Å². The predicted molar refractivity (Wildman–Crippen MR) is 163 cm³/mol. The van der Waals surface area contributed by atoms with Crippen molar-refractivity contribution in [3.05, 3.63) is 29.8 Å².